The molecule has 1 aromatic rings. The van der Waals surface area contributed by atoms with Crippen molar-refractivity contribution in [3.63, 3.8) is 0 Å². The van der Waals surface area contributed by atoms with Crippen LogP contribution in [0.2, 0.25) is 0 Å². The number of ether oxygens (including phenoxy) is 1. The molecule has 0 bridgehead atoms. The highest BCUT2D eigenvalue weighted by Crippen LogP contribution is 2.17. The Morgan fingerprint density at radius 1 is 1.60 bits per heavy atom. The SMILES string of the molecule is [CH2]c1nccc(OC)c1C. The molecule has 0 aliphatic carbocycles. The summed E-state index contributed by atoms with van der Waals surface area (Å²) in [4.78, 5) is 4.00. The van der Waals surface area contributed by atoms with Crippen molar-refractivity contribution in [2.24, 2.45) is 0 Å². The predicted molar refractivity (Wildman–Crippen MR) is 40.0 cm³/mol. The second kappa shape index (κ2) is 2.69. The number of hydrogen-bond acceptors (Lipinski definition) is 2. The van der Waals surface area contributed by atoms with Crippen LogP contribution in [0, 0.1) is 13.8 Å². The van der Waals surface area contributed by atoms with E-state index in [0.717, 1.165) is 17.0 Å². The number of pyridine rings is 1. The second-order valence-corrected chi connectivity index (χ2v) is 2.08. The van der Waals surface area contributed by atoms with Crippen LogP contribution in [0.4, 0.5) is 0 Å². The maximum Gasteiger partial charge on any atom is 0.125 e. The third-order valence-electron chi connectivity index (χ3n) is 1.48. The van der Waals surface area contributed by atoms with E-state index in [1.54, 1.807) is 13.3 Å². The van der Waals surface area contributed by atoms with E-state index in [2.05, 4.69) is 11.9 Å². The van der Waals surface area contributed by atoms with Crippen molar-refractivity contribution in [2.75, 3.05) is 7.11 Å². The molecule has 0 amide bonds. The van der Waals surface area contributed by atoms with Gasteiger partial charge >= 0.3 is 0 Å². The van der Waals surface area contributed by atoms with Gasteiger partial charge in [0.25, 0.3) is 0 Å². The fraction of sp³-hybridized carbons (Fsp3) is 0.250. The zero-order chi connectivity index (χ0) is 7.56. The molecule has 0 aromatic carbocycles. The number of aromatic nitrogens is 1. The summed E-state index contributed by atoms with van der Waals surface area (Å²) in [5.41, 5.74) is 1.78. The van der Waals surface area contributed by atoms with Crippen LogP contribution in [0.15, 0.2) is 12.3 Å². The summed E-state index contributed by atoms with van der Waals surface area (Å²) in [6, 6.07) is 1.82. The summed E-state index contributed by atoms with van der Waals surface area (Å²) in [5.74, 6) is 0.847. The molecular weight excluding hydrogens is 126 g/mol. The first-order chi connectivity index (χ1) is 4.75. The molecule has 0 unspecified atom stereocenters. The van der Waals surface area contributed by atoms with Gasteiger partial charge in [-0.1, -0.05) is 0 Å². The van der Waals surface area contributed by atoms with E-state index >= 15 is 0 Å². The number of hydrogen-bond donors (Lipinski definition) is 0. The van der Waals surface area contributed by atoms with Crippen molar-refractivity contribution in [3.05, 3.63) is 30.4 Å². The minimum Gasteiger partial charge on any atom is -0.496 e. The first-order valence-electron chi connectivity index (χ1n) is 3.07. The van der Waals surface area contributed by atoms with E-state index in [4.69, 9.17) is 4.74 Å². The van der Waals surface area contributed by atoms with Gasteiger partial charge in [-0.25, -0.2) is 0 Å². The van der Waals surface area contributed by atoms with Crippen LogP contribution in [0.1, 0.15) is 11.3 Å². The Labute approximate surface area is 60.9 Å². The van der Waals surface area contributed by atoms with Crippen LogP contribution in [-0.2, 0) is 0 Å². The van der Waals surface area contributed by atoms with Gasteiger partial charge in [0.15, 0.2) is 0 Å². The lowest BCUT2D eigenvalue weighted by Gasteiger charge is -2.04. The van der Waals surface area contributed by atoms with Crippen LogP contribution in [0.25, 0.3) is 0 Å². The largest absolute Gasteiger partial charge is 0.496 e. The van der Waals surface area contributed by atoms with Crippen LogP contribution in [0.3, 0.4) is 0 Å². The standard InChI is InChI=1S/C8H10NO/c1-6-7(2)9-5-4-8(6)10-3/h4-5H,2H2,1,3H3. The van der Waals surface area contributed by atoms with Gasteiger partial charge in [0, 0.05) is 17.5 Å². The Balaban J connectivity index is 3.14. The first kappa shape index (κ1) is 7.06. The van der Waals surface area contributed by atoms with Gasteiger partial charge in [-0.2, -0.15) is 0 Å². The maximum atomic E-state index is 5.05. The summed E-state index contributed by atoms with van der Waals surface area (Å²) in [7, 11) is 1.64. The lowest BCUT2D eigenvalue weighted by atomic mass is 10.2. The van der Waals surface area contributed by atoms with E-state index in [9.17, 15) is 0 Å². The summed E-state index contributed by atoms with van der Waals surface area (Å²) < 4.78 is 5.05. The van der Waals surface area contributed by atoms with Gasteiger partial charge in [0.2, 0.25) is 0 Å². The van der Waals surface area contributed by atoms with Gasteiger partial charge in [-0.15, -0.1) is 0 Å². The smallest absolute Gasteiger partial charge is 0.125 e. The van der Waals surface area contributed by atoms with Crippen LogP contribution in [-0.4, -0.2) is 12.1 Å². The highest BCUT2D eigenvalue weighted by molar-refractivity contribution is 5.35. The lowest BCUT2D eigenvalue weighted by molar-refractivity contribution is 0.410. The second-order valence-electron chi connectivity index (χ2n) is 2.08. The summed E-state index contributed by atoms with van der Waals surface area (Å²) >= 11 is 0. The average Bonchev–Trinajstić information content (AvgIpc) is 1.95. The molecule has 0 atom stereocenters. The fourth-order valence-electron chi connectivity index (χ4n) is 0.780. The van der Waals surface area contributed by atoms with Crippen molar-refractivity contribution >= 4 is 0 Å². The molecular formula is C8H10NO. The highest BCUT2D eigenvalue weighted by Gasteiger charge is 1.98. The number of methoxy groups -OCH3 is 1. The van der Waals surface area contributed by atoms with Gasteiger partial charge < -0.3 is 4.74 Å². The monoisotopic (exact) mass is 136 g/mol. The molecule has 10 heavy (non-hydrogen) atoms. The predicted octanol–water partition coefficient (Wildman–Crippen LogP) is 1.58. The third-order valence-corrected chi connectivity index (χ3v) is 1.48. The van der Waals surface area contributed by atoms with Crippen LogP contribution in [0.5, 0.6) is 5.75 Å². The lowest BCUT2D eigenvalue weighted by Crippen LogP contribution is -1.91. The van der Waals surface area contributed by atoms with Crippen LogP contribution >= 0.6 is 0 Å². The van der Waals surface area contributed by atoms with E-state index in [1.165, 1.54) is 0 Å². The zero-order valence-electron chi connectivity index (χ0n) is 6.22. The van der Waals surface area contributed by atoms with Crippen molar-refractivity contribution < 1.29 is 4.74 Å². The molecule has 0 spiro atoms. The molecule has 0 saturated heterocycles. The number of nitrogens with zero attached hydrogens (tertiary/aromatic N) is 1. The van der Waals surface area contributed by atoms with E-state index in [-0.39, 0.29) is 0 Å². The molecule has 2 nitrogen and oxygen atoms in total. The minimum atomic E-state index is 0.777. The summed E-state index contributed by atoms with van der Waals surface area (Å²) in [6.45, 7) is 5.68. The molecule has 1 rings (SSSR count). The summed E-state index contributed by atoms with van der Waals surface area (Å²) in [6.07, 6.45) is 1.69. The third kappa shape index (κ3) is 1.10. The molecule has 1 aromatic heterocycles. The van der Waals surface area contributed by atoms with E-state index in [0.29, 0.717) is 0 Å². The molecule has 2 heteroatoms. The molecule has 1 radical (unpaired) electrons. The minimum absolute atomic E-state index is 0.777. The highest BCUT2D eigenvalue weighted by atomic mass is 16.5. The quantitative estimate of drug-likeness (QED) is 0.584. The van der Waals surface area contributed by atoms with Crippen LogP contribution < -0.4 is 4.74 Å². The van der Waals surface area contributed by atoms with Crippen molar-refractivity contribution in [1.29, 1.82) is 0 Å². The zero-order valence-corrected chi connectivity index (χ0v) is 6.22. The van der Waals surface area contributed by atoms with E-state index < -0.39 is 0 Å². The Morgan fingerprint density at radius 2 is 2.30 bits per heavy atom. The first-order valence-corrected chi connectivity index (χ1v) is 3.07. The molecule has 1 heterocycles. The average molecular weight is 136 g/mol. The Bertz CT molecular complexity index is 233. The van der Waals surface area contributed by atoms with Gasteiger partial charge in [0.05, 0.1) is 7.11 Å². The van der Waals surface area contributed by atoms with E-state index in [1.807, 2.05) is 13.0 Å². The molecule has 0 N–H and O–H groups in total. The molecule has 0 fully saturated rings. The van der Waals surface area contributed by atoms with Gasteiger partial charge in [0.1, 0.15) is 5.75 Å². The van der Waals surface area contributed by atoms with Crippen molar-refractivity contribution in [3.8, 4) is 5.75 Å². The van der Waals surface area contributed by atoms with Gasteiger partial charge in [-0.3, -0.25) is 4.98 Å². The molecule has 53 valence electrons. The van der Waals surface area contributed by atoms with Gasteiger partial charge in [-0.05, 0) is 19.9 Å². The maximum absolute atomic E-state index is 5.05. The fourth-order valence-corrected chi connectivity index (χ4v) is 0.780. The molecule has 0 saturated carbocycles. The number of rotatable bonds is 1. The molecule has 0 aliphatic heterocycles. The Kier molecular flexibility index (Phi) is 1.90. The normalized spacial score (nSPS) is 9.50. The van der Waals surface area contributed by atoms with Crippen molar-refractivity contribution in [1.82, 2.24) is 4.98 Å². The molecule has 0 aliphatic rings. The summed E-state index contributed by atoms with van der Waals surface area (Å²) in [5, 5.41) is 0. The van der Waals surface area contributed by atoms with Crippen molar-refractivity contribution in [2.45, 2.75) is 6.92 Å². The topological polar surface area (TPSA) is 22.1 Å². The Hall–Kier alpha value is -1.05. The Morgan fingerprint density at radius 3 is 2.80 bits per heavy atom.